The van der Waals surface area contributed by atoms with E-state index in [0.717, 1.165) is 17.1 Å². The second-order valence-electron chi connectivity index (χ2n) is 14.7. The van der Waals surface area contributed by atoms with Crippen LogP contribution in [-0.2, 0) is 0 Å². The highest BCUT2D eigenvalue weighted by Crippen LogP contribution is 2.52. The van der Waals surface area contributed by atoms with Gasteiger partial charge in [0.05, 0.1) is 17.6 Å². The Balaban J connectivity index is 1.16. The molecule has 1 heterocycles. The van der Waals surface area contributed by atoms with Crippen molar-refractivity contribution in [2.75, 3.05) is 4.90 Å². The van der Waals surface area contributed by atoms with Crippen LogP contribution in [0.1, 0.15) is 0 Å². The molecule has 254 valence electrons. The van der Waals surface area contributed by atoms with Crippen LogP contribution >= 0.6 is 0 Å². The molecule has 0 fully saturated rings. The lowest BCUT2D eigenvalue weighted by Crippen LogP contribution is -2.11. The maximum absolute atomic E-state index is 4.63. The smallest absolute Gasteiger partial charge is 0.0645 e. The predicted octanol–water partition coefficient (Wildman–Crippen LogP) is 14.6. The highest BCUT2D eigenvalue weighted by Gasteiger charge is 2.26. The Morgan fingerprint density at radius 1 is 0.327 bits per heavy atom. The third-order valence-electron chi connectivity index (χ3n) is 11.8. The summed E-state index contributed by atoms with van der Waals surface area (Å²) in [5.74, 6) is 0. The first kappa shape index (κ1) is 30.2. The minimum absolute atomic E-state index is 1.01. The summed E-state index contributed by atoms with van der Waals surface area (Å²) in [5.41, 5.74) is 18.4. The van der Waals surface area contributed by atoms with Gasteiger partial charge in [-0.3, -0.25) is 4.98 Å². The highest BCUT2D eigenvalue weighted by atomic mass is 15.1. The molecule has 2 heteroatoms. The Hall–Kier alpha value is -7.29. The number of anilines is 3. The number of benzene rings is 9. The predicted molar refractivity (Wildman–Crippen MR) is 231 cm³/mol. The second-order valence-corrected chi connectivity index (χ2v) is 14.7. The summed E-state index contributed by atoms with van der Waals surface area (Å²) in [5, 5.41) is 7.58. The summed E-state index contributed by atoms with van der Waals surface area (Å²) in [6.07, 6.45) is 3.82. The van der Waals surface area contributed by atoms with Gasteiger partial charge in [-0.1, -0.05) is 146 Å². The van der Waals surface area contributed by atoms with Crippen LogP contribution in [0.15, 0.2) is 194 Å². The van der Waals surface area contributed by atoms with E-state index in [-0.39, 0.29) is 0 Å². The first-order valence-corrected chi connectivity index (χ1v) is 18.9. The maximum Gasteiger partial charge on any atom is 0.0645 e. The molecule has 0 atom stereocenters. The fraction of sp³-hybridized carbons (Fsp3) is 0. The van der Waals surface area contributed by atoms with Gasteiger partial charge in [0, 0.05) is 17.3 Å². The molecule has 0 saturated heterocycles. The number of fused-ring (bicyclic) bond motifs is 7. The van der Waals surface area contributed by atoms with Crippen molar-refractivity contribution in [3.8, 4) is 66.8 Å². The van der Waals surface area contributed by atoms with Gasteiger partial charge in [-0.15, -0.1) is 0 Å². The van der Waals surface area contributed by atoms with Gasteiger partial charge in [-0.25, -0.2) is 0 Å². The van der Waals surface area contributed by atoms with Gasteiger partial charge in [0.15, 0.2) is 0 Å². The third-order valence-corrected chi connectivity index (χ3v) is 11.8. The molecule has 0 amide bonds. The molecule has 2 nitrogen and oxygen atoms in total. The molecule has 0 N–H and O–H groups in total. The van der Waals surface area contributed by atoms with Crippen LogP contribution in [0.25, 0.3) is 99.1 Å². The van der Waals surface area contributed by atoms with Crippen molar-refractivity contribution in [2.24, 2.45) is 0 Å². The molecule has 0 aliphatic heterocycles. The number of rotatable bonds is 5. The van der Waals surface area contributed by atoms with E-state index < -0.39 is 0 Å². The standard InChI is InChI=1S/C53H32N2/c1-2-14-40-33(11-1)12-7-23-51(40)55(36-13-10-28-54-32-36)37-30-34(38-24-26-49-43-17-5-3-15-41(43)47-21-8-19-45(38)52(47)49)29-35(31-37)39-25-27-50-44-18-6-4-16-42(44)48-22-9-20-46(39)53(48)50/h1-32H. The third kappa shape index (κ3) is 4.40. The molecule has 2 aliphatic rings. The first-order chi connectivity index (χ1) is 27.3. The van der Waals surface area contributed by atoms with Gasteiger partial charge in [0.25, 0.3) is 0 Å². The lowest BCUT2D eigenvalue weighted by Gasteiger charge is -2.28. The van der Waals surface area contributed by atoms with Gasteiger partial charge in [-0.2, -0.15) is 0 Å². The van der Waals surface area contributed by atoms with Gasteiger partial charge >= 0.3 is 0 Å². The van der Waals surface area contributed by atoms with E-state index in [2.05, 4.69) is 186 Å². The molecule has 0 unspecified atom stereocenters. The van der Waals surface area contributed by atoms with E-state index >= 15 is 0 Å². The number of pyridine rings is 1. The summed E-state index contributed by atoms with van der Waals surface area (Å²) in [6.45, 7) is 0. The number of nitrogens with zero attached hydrogens (tertiary/aromatic N) is 2. The Kier molecular flexibility index (Phi) is 6.37. The van der Waals surface area contributed by atoms with Gasteiger partial charge < -0.3 is 4.90 Å². The molecule has 12 rings (SSSR count). The van der Waals surface area contributed by atoms with Gasteiger partial charge in [-0.05, 0) is 130 Å². The molecular formula is C53H32N2. The monoisotopic (exact) mass is 696 g/mol. The molecule has 0 radical (unpaired) electrons. The highest BCUT2D eigenvalue weighted by molar-refractivity contribution is 6.20. The molecule has 0 saturated carbocycles. The minimum Gasteiger partial charge on any atom is -0.308 e. The van der Waals surface area contributed by atoms with Crippen LogP contribution in [0.3, 0.4) is 0 Å². The molecule has 0 spiro atoms. The lowest BCUT2D eigenvalue weighted by atomic mass is 9.89. The molecule has 1 aromatic heterocycles. The van der Waals surface area contributed by atoms with Crippen LogP contribution in [-0.4, -0.2) is 4.98 Å². The summed E-state index contributed by atoms with van der Waals surface area (Å²) >= 11 is 0. The zero-order chi connectivity index (χ0) is 36.0. The topological polar surface area (TPSA) is 16.1 Å². The molecular weight excluding hydrogens is 665 g/mol. The Bertz CT molecular complexity index is 3000. The largest absolute Gasteiger partial charge is 0.308 e. The van der Waals surface area contributed by atoms with Crippen molar-refractivity contribution in [2.45, 2.75) is 0 Å². The molecule has 9 aromatic carbocycles. The number of aromatic nitrogens is 1. The van der Waals surface area contributed by atoms with Crippen LogP contribution in [0.2, 0.25) is 0 Å². The van der Waals surface area contributed by atoms with Crippen molar-refractivity contribution in [1.82, 2.24) is 4.98 Å². The van der Waals surface area contributed by atoms with Gasteiger partial charge in [0.1, 0.15) is 0 Å². The summed E-state index contributed by atoms with van der Waals surface area (Å²) < 4.78 is 0. The van der Waals surface area contributed by atoms with E-state index in [1.807, 2.05) is 18.5 Å². The van der Waals surface area contributed by atoms with E-state index in [1.165, 1.54) is 99.1 Å². The summed E-state index contributed by atoms with van der Waals surface area (Å²) in [7, 11) is 0. The van der Waals surface area contributed by atoms with Crippen molar-refractivity contribution < 1.29 is 0 Å². The van der Waals surface area contributed by atoms with Crippen LogP contribution in [0, 0.1) is 0 Å². The molecule has 10 aromatic rings. The average Bonchev–Trinajstić information content (AvgIpc) is 3.76. The Morgan fingerprint density at radius 3 is 1.38 bits per heavy atom. The zero-order valence-electron chi connectivity index (χ0n) is 29.9. The molecule has 55 heavy (non-hydrogen) atoms. The maximum atomic E-state index is 4.63. The first-order valence-electron chi connectivity index (χ1n) is 18.9. The normalized spacial score (nSPS) is 12.0. The number of hydrogen-bond donors (Lipinski definition) is 0. The quantitative estimate of drug-likeness (QED) is 0.178. The van der Waals surface area contributed by atoms with Crippen molar-refractivity contribution in [3.63, 3.8) is 0 Å². The molecule has 2 aliphatic carbocycles. The fourth-order valence-electron chi connectivity index (χ4n) is 9.49. The Morgan fingerprint density at radius 2 is 0.800 bits per heavy atom. The Labute approximate surface area is 319 Å². The van der Waals surface area contributed by atoms with E-state index in [1.54, 1.807) is 0 Å². The van der Waals surface area contributed by atoms with Crippen LogP contribution in [0.5, 0.6) is 0 Å². The number of hydrogen-bond acceptors (Lipinski definition) is 2. The van der Waals surface area contributed by atoms with Gasteiger partial charge in [0.2, 0.25) is 0 Å². The van der Waals surface area contributed by atoms with Crippen LogP contribution in [0.4, 0.5) is 17.1 Å². The minimum atomic E-state index is 1.01. The van der Waals surface area contributed by atoms with E-state index in [4.69, 9.17) is 0 Å². The average molecular weight is 697 g/mol. The fourth-order valence-corrected chi connectivity index (χ4v) is 9.49. The lowest BCUT2D eigenvalue weighted by molar-refractivity contribution is 1.24. The second kappa shape index (κ2) is 11.6. The van der Waals surface area contributed by atoms with E-state index in [9.17, 15) is 0 Å². The van der Waals surface area contributed by atoms with Crippen molar-refractivity contribution in [1.29, 1.82) is 0 Å². The molecule has 0 bridgehead atoms. The zero-order valence-corrected chi connectivity index (χ0v) is 29.9. The summed E-state index contributed by atoms with van der Waals surface area (Å²) in [4.78, 5) is 7.01. The van der Waals surface area contributed by atoms with Crippen LogP contribution < -0.4 is 4.90 Å². The summed E-state index contributed by atoms with van der Waals surface area (Å²) in [6, 6.07) is 67.1. The van der Waals surface area contributed by atoms with Crippen molar-refractivity contribution >= 4 is 49.4 Å². The van der Waals surface area contributed by atoms with E-state index in [0.29, 0.717) is 0 Å². The SMILES string of the molecule is c1cncc(N(c2cc(-c3ccc4c5c(cccc35)-c3ccccc3-4)cc(-c3ccc4c5c(cccc35)-c3ccccc3-4)c2)c2cccc3ccccc23)c1. The van der Waals surface area contributed by atoms with Crippen molar-refractivity contribution in [3.05, 3.63) is 194 Å².